The van der Waals surface area contributed by atoms with Crippen LogP contribution in [0.4, 0.5) is 0 Å². The molecule has 108 valence electrons. The molecule has 2 bridgehead atoms. The first kappa shape index (κ1) is 14.7. The van der Waals surface area contributed by atoms with Gasteiger partial charge in [0.15, 0.2) is 0 Å². The minimum Gasteiger partial charge on any atom is -0.480 e. The molecule has 0 aromatic rings. The Labute approximate surface area is 118 Å². The van der Waals surface area contributed by atoms with E-state index in [4.69, 9.17) is 5.11 Å². The summed E-state index contributed by atoms with van der Waals surface area (Å²) in [6, 6.07) is 0.225. The van der Waals surface area contributed by atoms with Gasteiger partial charge in [0.1, 0.15) is 0 Å². The zero-order valence-electron chi connectivity index (χ0n) is 11.6. The van der Waals surface area contributed by atoms with Gasteiger partial charge < -0.3 is 10.4 Å². The molecule has 0 spiro atoms. The predicted molar refractivity (Wildman–Crippen MR) is 76.1 cm³/mol. The molecule has 1 amide bonds. The molecule has 2 N–H and O–H groups in total. The van der Waals surface area contributed by atoms with E-state index >= 15 is 0 Å². The molecule has 2 aliphatic carbocycles. The molecule has 0 radical (unpaired) electrons. The Bertz CT molecular complexity index is 361. The maximum Gasteiger partial charge on any atom is 0.316 e. The minimum atomic E-state index is -0.862. The van der Waals surface area contributed by atoms with Gasteiger partial charge in [-0.15, -0.1) is 11.8 Å². The number of aliphatic carboxylic acids is 1. The highest BCUT2D eigenvalue weighted by atomic mass is 32.2. The molecule has 0 aromatic carbocycles. The highest BCUT2D eigenvalue weighted by Gasteiger charge is 2.42. The van der Waals surface area contributed by atoms with E-state index < -0.39 is 11.2 Å². The number of amides is 1. The van der Waals surface area contributed by atoms with Crippen molar-refractivity contribution in [3.63, 3.8) is 0 Å². The monoisotopic (exact) mass is 285 g/mol. The highest BCUT2D eigenvalue weighted by Crippen LogP contribution is 2.49. The number of rotatable bonds is 6. The number of thioether (sulfide) groups is 1. The SMILES string of the molecule is C[C@H](SCC(=O)N[C@H](C)[C@@H]1C[C@H]2CC[C@H]1C2)C(=O)O. The van der Waals surface area contributed by atoms with Gasteiger partial charge in [-0.05, 0) is 50.9 Å². The Kier molecular flexibility index (Phi) is 4.76. The first-order valence-corrected chi connectivity index (χ1v) is 8.16. The quantitative estimate of drug-likeness (QED) is 0.784. The fourth-order valence-electron chi connectivity index (χ4n) is 3.58. The molecule has 0 heterocycles. The van der Waals surface area contributed by atoms with Gasteiger partial charge in [0.2, 0.25) is 5.91 Å². The van der Waals surface area contributed by atoms with Crippen molar-refractivity contribution in [3.05, 3.63) is 0 Å². The largest absolute Gasteiger partial charge is 0.480 e. The first-order chi connectivity index (χ1) is 8.97. The molecule has 2 fully saturated rings. The molecule has 4 nitrogen and oxygen atoms in total. The average molecular weight is 285 g/mol. The van der Waals surface area contributed by atoms with Gasteiger partial charge in [-0.2, -0.15) is 0 Å². The number of carbonyl (C=O) groups is 2. The van der Waals surface area contributed by atoms with Crippen LogP contribution in [0.1, 0.15) is 39.5 Å². The molecular formula is C14H23NO3S. The Hall–Kier alpha value is -0.710. The fourth-order valence-corrected chi connectivity index (χ4v) is 4.21. The number of hydrogen-bond acceptors (Lipinski definition) is 3. The van der Waals surface area contributed by atoms with E-state index in [9.17, 15) is 9.59 Å². The smallest absolute Gasteiger partial charge is 0.316 e. The lowest BCUT2D eigenvalue weighted by atomic mass is 9.84. The number of fused-ring (bicyclic) bond motifs is 2. The molecule has 0 aromatic heterocycles. The van der Waals surface area contributed by atoms with Gasteiger partial charge in [0, 0.05) is 6.04 Å². The number of carboxylic acids is 1. The van der Waals surface area contributed by atoms with E-state index in [1.165, 1.54) is 37.4 Å². The van der Waals surface area contributed by atoms with Crippen LogP contribution in [0.5, 0.6) is 0 Å². The third kappa shape index (κ3) is 3.65. The van der Waals surface area contributed by atoms with E-state index in [2.05, 4.69) is 12.2 Å². The van der Waals surface area contributed by atoms with Crippen molar-refractivity contribution in [2.45, 2.75) is 50.8 Å². The maximum atomic E-state index is 11.8. The fraction of sp³-hybridized carbons (Fsp3) is 0.857. The minimum absolute atomic E-state index is 0.0339. The summed E-state index contributed by atoms with van der Waals surface area (Å²) in [4.78, 5) is 22.5. The van der Waals surface area contributed by atoms with Gasteiger partial charge in [0.05, 0.1) is 11.0 Å². The normalized spacial score (nSPS) is 32.0. The lowest BCUT2D eigenvalue weighted by Crippen LogP contribution is -2.41. The van der Waals surface area contributed by atoms with E-state index in [0.717, 1.165) is 11.8 Å². The first-order valence-electron chi connectivity index (χ1n) is 7.11. The Morgan fingerprint density at radius 1 is 1.32 bits per heavy atom. The Balaban J connectivity index is 1.71. The number of carboxylic acid groups (broad SMARTS) is 1. The van der Waals surface area contributed by atoms with Crippen LogP contribution in [-0.4, -0.2) is 34.0 Å². The summed E-state index contributed by atoms with van der Waals surface area (Å²) >= 11 is 1.18. The standard InChI is InChI=1S/C14H23NO3S/c1-8(12-6-10-3-4-11(12)5-10)15-13(16)7-19-9(2)14(17)18/h8-12H,3-7H2,1-2H3,(H,15,16)(H,17,18)/t8-,9+,10+,11+,12+/m1/s1. The lowest BCUT2D eigenvalue weighted by Gasteiger charge is -2.28. The van der Waals surface area contributed by atoms with Crippen LogP contribution in [0.15, 0.2) is 0 Å². The van der Waals surface area contributed by atoms with Crippen LogP contribution in [0, 0.1) is 17.8 Å². The molecule has 2 saturated carbocycles. The van der Waals surface area contributed by atoms with Crippen LogP contribution in [0.2, 0.25) is 0 Å². The van der Waals surface area contributed by atoms with Gasteiger partial charge in [-0.1, -0.05) is 6.42 Å². The number of carbonyl (C=O) groups excluding carboxylic acids is 1. The van der Waals surface area contributed by atoms with E-state index in [1.54, 1.807) is 6.92 Å². The number of nitrogens with one attached hydrogen (secondary N) is 1. The molecule has 2 aliphatic rings. The molecular weight excluding hydrogens is 262 g/mol. The zero-order valence-corrected chi connectivity index (χ0v) is 12.4. The second kappa shape index (κ2) is 6.16. The third-order valence-corrected chi connectivity index (χ3v) is 5.77. The number of hydrogen-bond donors (Lipinski definition) is 2. The molecule has 19 heavy (non-hydrogen) atoms. The van der Waals surface area contributed by atoms with Crippen LogP contribution in [0.25, 0.3) is 0 Å². The summed E-state index contributed by atoms with van der Waals surface area (Å²) in [5, 5.41) is 11.3. The summed E-state index contributed by atoms with van der Waals surface area (Å²) in [5.74, 6) is 1.65. The molecule has 0 unspecified atom stereocenters. The second-order valence-electron chi connectivity index (χ2n) is 5.99. The predicted octanol–water partition coefficient (Wildman–Crippen LogP) is 2.13. The average Bonchev–Trinajstić information content (AvgIpc) is 2.97. The van der Waals surface area contributed by atoms with Gasteiger partial charge >= 0.3 is 5.97 Å². The van der Waals surface area contributed by atoms with Crippen molar-refractivity contribution >= 4 is 23.6 Å². The van der Waals surface area contributed by atoms with Gasteiger partial charge in [-0.25, -0.2) is 0 Å². The Morgan fingerprint density at radius 3 is 2.58 bits per heavy atom. The third-order valence-electron chi connectivity index (χ3n) is 4.64. The summed E-state index contributed by atoms with van der Waals surface area (Å²) in [7, 11) is 0. The van der Waals surface area contributed by atoms with Crippen LogP contribution in [0.3, 0.4) is 0 Å². The van der Waals surface area contributed by atoms with Gasteiger partial charge in [0.25, 0.3) is 0 Å². The van der Waals surface area contributed by atoms with Crippen molar-refractivity contribution in [2.24, 2.45) is 17.8 Å². The van der Waals surface area contributed by atoms with E-state index in [1.807, 2.05) is 0 Å². The van der Waals surface area contributed by atoms with Crippen molar-refractivity contribution < 1.29 is 14.7 Å². The molecule has 0 aliphatic heterocycles. The van der Waals surface area contributed by atoms with Crippen LogP contribution >= 0.6 is 11.8 Å². The van der Waals surface area contributed by atoms with Gasteiger partial charge in [-0.3, -0.25) is 9.59 Å². The summed E-state index contributed by atoms with van der Waals surface area (Å²) in [6.45, 7) is 3.70. The highest BCUT2D eigenvalue weighted by molar-refractivity contribution is 8.01. The van der Waals surface area contributed by atoms with Crippen LogP contribution in [-0.2, 0) is 9.59 Å². The lowest BCUT2D eigenvalue weighted by molar-refractivity contribution is -0.136. The summed E-state index contributed by atoms with van der Waals surface area (Å²) in [6.07, 6.45) is 5.29. The zero-order chi connectivity index (χ0) is 14.0. The van der Waals surface area contributed by atoms with Crippen molar-refractivity contribution in [1.29, 1.82) is 0 Å². The Morgan fingerprint density at radius 2 is 2.05 bits per heavy atom. The van der Waals surface area contributed by atoms with Crippen molar-refractivity contribution in [3.8, 4) is 0 Å². The molecule has 0 saturated heterocycles. The molecule has 2 rings (SSSR count). The molecule has 5 atom stereocenters. The van der Waals surface area contributed by atoms with Crippen molar-refractivity contribution in [2.75, 3.05) is 5.75 Å². The second-order valence-corrected chi connectivity index (χ2v) is 7.32. The maximum absolute atomic E-state index is 11.8. The van der Waals surface area contributed by atoms with Crippen molar-refractivity contribution in [1.82, 2.24) is 5.32 Å². The summed E-state index contributed by atoms with van der Waals surface area (Å²) in [5.41, 5.74) is 0. The summed E-state index contributed by atoms with van der Waals surface area (Å²) < 4.78 is 0. The van der Waals surface area contributed by atoms with E-state index in [0.29, 0.717) is 5.92 Å². The molecule has 5 heteroatoms. The van der Waals surface area contributed by atoms with E-state index in [-0.39, 0.29) is 17.7 Å². The topological polar surface area (TPSA) is 66.4 Å². The van der Waals surface area contributed by atoms with Crippen LogP contribution < -0.4 is 5.32 Å².